The van der Waals surface area contributed by atoms with Crippen molar-refractivity contribution in [1.82, 2.24) is 20.3 Å². The molecule has 3 amide bonds. The van der Waals surface area contributed by atoms with Crippen LogP contribution in [0.15, 0.2) is 23.1 Å². The van der Waals surface area contributed by atoms with Gasteiger partial charge in [0.15, 0.2) is 11.5 Å². The van der Waals surface area contributed by atoms with E-state index in [0.717, 1.165) is 25.7 Å². The first kappa shape index (κ1) is 26.1. The molecular weight excluding hydrogens is 460 g/mol. The summed E-state index contributed by atoms with van der Waals surface area (Å²) in [5.41, 5.74) is 0. The Morgan fingerprint density at radius 3 is 2.18 bits per heavy atom. The molecule has 3 rings (SSSR count). The lowest BCUT2D eigenvalue weighted by Crippen LogP contribution is -2.51. The molecule has 1 aliphatic heterocycles. The molecule has 34 heavy (non-hydrogen) atoms. The molecule has 2 fully saturated rings. The van der Waals surface area contributed by atoms with Crippen LogP contribution < -0.4 is 24.8 Å². The van der Waals surface area contributed by atoms with E-state index >= 15 is 0 Å². The molecule has 1 saturated heterocycles. The van der Waals surface area contributed by atoms with Crippen LogP contribution in [0.1, 0.15) is 51.4 Å². The number of amides is 3. The van der Waals surface area contributed by atoms with Crippen molar-refractivity contribution in [2.75, 3.05) is 33.9 Å². The molecule has 1 saturated carbocycles. The third-order valence-electron chi connectivity index (χ3n) is 6.42. The van der Waals surface area contributed by atoms with E-state index in [-0.39, 0.29) is 41.9 Å². The average Bonchev–Trinajstić information content (AvgIpc) is 2.84. The lowest BCUT2D eigenvalue weighted by atomic mass is 9.96. The Morgan fingerprint density at radius 1 is 0.941 bits per heavy atom. The molecule has 0 bridgehead atoms. The Kier molecular flexibility index (Phi) is 9.40. The molecule has 0 unspecified atom stereocenters. The minimum absolute atomic E-state index is 0.00250. The summed E-state index contributed by atoms with van der Waals surface area (Å²) >= 11 is 0. The maximum absolute atomic E-state index is 12.6. The number of hydrogen-bond acceptors (Lipinski definition) is 6. The number of carbonyl (C=O) groups is 2. The summed E-state index contributed by atoms with van der Waals surface area (Å²) < 4.78 is 37.9. The van der Waals surface area contributed by atoms with Crippen LogP contribution in [-0.2, 0) is 14.8 Å². The Labute approximate surface area is 201 Å². The van der Waals surface area contributed by atoms with Gasteiger partial charge in [-0.3, -0.25) is 4.79 Å². The molecule has 0 radical (unpaired) electrons. The van der Waals surface area contributed by atoms with Crippen LogP contribution in [0.3, 0.4) is 0 Å². The molecule has 1 heterocycles. The zero-order valence-electron chi connectivity index (χ0n) is 20.0. The largest absolute Gasteiger partial charge is 0.493 e. The summed E-state index contributed by atoms with van der Waals surface area (Å²) in [4.78, 5) is 26.6. The summed E-state index contributed by atoms with van der Waals surface area (Å²) in [6.45, 7) is 1.07. The van der Waals surface area contributed by atoms with E-state index < -0.39 is 10.0 Å². The fraction of sp³-hybridized carbons (Fsp3) is 0.652. The molecular formula is C23H36N4O6S. The van der Waals surface area contributed by atoms with Gasteiger partial charge in [-0.15, -0.1) is 0 Å². The molecule has 10 nitrogen and oxygen atoms in total. The average molecular weight is 497 g/mol. The molecule has 0 atom stereocenters. The second-order valence-corrected chi connectivity index (χ2v) is 10.5. The van der Waals surface area contributed by atoms with Gasteiger partial charge in [0, 0.05) is 44.2 Å². The second kappa shape index (κ2) is 12.3. The number of nitrogens with zero attached hydrogens (tertiary/aromatic N) is 1. The normalized spacial score (nSPS) is 17.8. The monoisotopic (exact) mass is 496 g/mol. The van der Waals surface area contributed by atoms with E-state index in [1.54, 1.807) is 4.90 Å². The third-order valence-corrected chi connectivity index (χ3v) is 7.88. The van der Waals surface area contributed by atoms with E-state index in [2.05, 4.69) is 15.4 Å². The molecule has 1 aliphatic carbocycles. The maximum atomic E-state index is 12.6. The van der Waals surface area contributed by atoms with E-state index in [0.29, 0.717) is 37.4 Å². The van der Waals surface area contributed by atoms with Crippen molar-refractivity contribution in [2.24, 2.45) is 0 Å². The van der Waals surface area contributed by atoms with Crippen molar-refractivity contribution < 1.29 is 27.5 Å². The van der Waals surface area contributed by atoms with Gasteiger partial charge in [0.1, 0.15) is 0 Å². The van der Waals surface area contributed by atoms with Gasteiger partial charge in [0.25, 0.3) is 0 Å². The Hall–Kier alpha value is -2.53. The van der Waals surface area contributed by atoms with Crippen molar-refractivity contribution in [3.8, 4) is 11.5 Å². The van der Waals surface area contributed by atoms with Crippen LogP contribution in [0, 0.1) is 0 Å². The molecule has 11 heteroatoms. The van der Waals surface area contributed by atoms with Gasteiger partial charge in [0.2, 0.25) is 15.9 Å². The SMILES string of the molecule is COc1ccc(S(=O)(=O)NCCC(=O)N2CCC(NC(=O)NC3CCCCC3)CC2)cc1OC. The van der Waals surface area contributed by atoms with E-state index in [4.69, 9.17) is 9.47 Å². The molecule has 2 aliphatic rings. The number of rotatable bonds is 9. The maximum Gasteiger partial charge on any atom is 0.315 e. The number of hydrogen-bond donors (Lipinski definition) is 3. The minimum atomic E-state index is -3.79. The number of ether oxygens (including phenoxy) is 2. The van der Waals surface area contributed by atoms with Gasteiger partial charge < -0.3 is 25.0 Å². The molecule has 1 aromatic rings. The Balaban J connectivity index is 1.39. The second-order valence-electron chi connectivity index (χ2n) is 8.77. The highest BCUT2D eigenvalue weighted by Gasteiger charge is 2.25. The van der Waals surface area contributed by atoms with Crippen molar-refractivity contribution in [1.29, 1.82) is 0 Å². The van der Waals surface area contributed by atoms with Gasteiger partial charge in [-0.2, -0.15) is 0 Å². The Bertz CT molecular complexity index is 941. The fourth-order valence-corrected chi connectivity index (χ4v) is 5.50. The number of methoxy groups -OCH3 is 2. The van der Waals surface area contributed by atoms with Gasteiger partial charge in [0.05, 0.1) is 19.1 Å². The van der Waals surface area contributed by atoms with Crippen LogP contribution >= 0.6 is 0 Å². The molecule has 3 N–H and O–H groups in total. The lowest BCUT2D eigenvalue weighted by molar-refractivity contribution is -0.132. The molecule has 190 valence electrons. The Morgan fingerprint density at radius 2 is 1.56 bits per heavy atom. The number of benzene rings is 1. The molecule has 1 aromatic carbocycles. The van der Waals surface area contributed by atoms with Crippen LogP contribution in [-0.4, -0.2) is 71.2 Å². The minimum Gasteiger partial charge on any atom is -0.493 e. The topological polar surface area (TPSA) is 126 Å². The zero-order valence-corrected chi connectivity index (χ0v) is 20.8. The number of sulfonamides is 1. The summed E-state index contributed by atoms with van der Waals surface area (Å²) in [6, 6.07) is 4.50. The van der Waals surface area contributed by atoms with E-state index in [9.17, 15) is 18.0 Å². The summed E-state index contributed by atoms with van der Waals surface area (Å²) in [7, 11) is -0.884. The van der Waals surface area contributed by atoms with Gasteiger partial charge in [-0.25, -0.2) is 17.9 Å². The van der Waals surface area contributed by atoms with E-state index in [1.807, 2.05) is 0 Å². The summed E-state index contributed by atoms with van der Waals surface area (Å²) in [5.74, 6) is 0.631. The smallest absolute Gasteiger partial charge is 0.315 e. The van der Waals surface area contributed by atoms with Gasteiger partial charge >= 0.3 is 6.03 Å². The van der Waals surface area contributed by atoms with Crippen LogP contribution in [0.5, 0.6) is 11.5 Å². The van der Waals surface area contributed by atoms with Crippen LogP contribution in [0.4, 0.5) is 4.79 Å². The third kappa shape index (κ3) is 7.23. The summed E-state index contributed by atoms with van der Waals surface area (Å²) in [5, 5.41) is 6.08. The summed E-state index contributed by atoms with van der Waals surface area (Å²) in [6.07, 6.45) is 7.07. The number of nitrogens with one attached hydrogen (secondary N) is 3. The number of piperidine rings is 1. The van der Waals surface area contributed by atoms with Gasteiger partial charge in [-0.1, -0.05) is 19.3 Å². The van der Waals surface area contributed by atoms with Gasteiger partial charge in [-0.05, 0) is 37.8 Å². The predicted octanol–water partition coefficient (Wildman–Crippen LogP) is 2.00. The quantitative estimate of drug-likeness (QED) is 0.480. The highest BCUT2D eigenvalue weighted by Crippen LogP contribution is 2.29. The van der Waals surface area contributed by atoms with Crippen molar-refractivity contribution in [2.45, 2.75) is 68.3 Å². The molecule has 0 aromatic heterocycles. The van der Waals surface area contributed by atoms with Crippen molar-refractivity contribution in [3.05, 3.63) is 18.2 Å². The van der Waals surface area contributed by atoms with Crippen LogP contribution in [0.2, 0.25) is 0 Å². The van der Waals surface area contributed by atoms with Crippen LogP contribution in [0.25, 0.3) is 0 Å². The van der Waals surface area contributed by atoms with Crippen molar-refractivity contribution >= 4 is 22.0 Å². The van der Waals surface area contributed by atoms with E-state index in [1.165, 1.54) is 38.8 Å². The molecule has 0 spiro atoms. The first-order valence-corrected chi connectivity index (χ1v) is 13.4. The lowest BCUT2D eigenvalue weighted by Gasteiger charge is -2.33. The number of carbonyl (C=O) groups excluding carboxylic acids is 2. The zero-order chi connectivity index (χ0) is 24.6. The first-order chi connectivity index (χ1) is 16.3. The standard InChI is InChI=1S/C23H36N4O6S/c1-32-20-9-8-19(16-21(20)33-2)34(30,31)24-13-10-22(28)27-14-11-18(12-15-27)26-23(29)25-17-6-4-3-5-7-17/h8-9,16-18,24H,3-7,10-15H2,1-2H3,(H2,25,26,29). The number of likely N-dealkylation sites (tertiary alicyclic amines) is 1. The van der Waals surface area contributed by atoms with Crippen molar-refractivity contribution in [3.63, 3.8) is 0 Å². The predicted molar refractivity (Wildman–Crippen MR) is 127 cm³/mol. The highest BCUT2D eigenvalue weighted by molar-refractivity contribution is 7.89. The highest BCUT2D eigenvalue weighted by atomic mass is 32.2. The fourth-order valence-electron chi connectivity index (χ4n) is 4.45. The first-order valence-electron chi connectivity index (χ1n) is 11.9. The number of urea groups is 1.